The topological polar surface area (TPSA) is 92.3 Å². The van der Waals surface area contributed by atoms with Crippen molar-refractivity contribution in [1.29, 1.82) is 0 Å². The summed E-state index contributed by atoms with van der Waals surface area (Å²) in [5.41, 5.74) is 6.16. The third-order valence-electron chi connectivity index (χ3n) is 5.95. The van der Waals surface area contributed by atoms with Crippen LogP contribution < -0.4 is 5.32 Å². The van der Waals surface area contributed by atoms with E-state index in [0.717, 1.165) is 44.4 Å². The van der Waals surface area contributed by atoms with Gasteiger partial charge in [-0.3, -0.25) is 4.98 Å². The highest BCUT2D eigenvalue weighted by Crippen LogP contribution is 2.38. The van der Waals surface area contributed by atoms with E-state index in [9.17, 15) is 0 Å². The second-order valence-electron chi connectivity index (χ2n) is 8.15. The maximum atomic E-state index is 4.89. The minimum absolute atomic E-state index is 0.503. The summed E-state index contributed by atoms with van der Waals surface area (Å²) in [6.45, 7) is 0.681. The molecule has 7 nitrogen and oxygen atoms in total. The Morgan fingerprint density at radius 2 is 1.51 bits per heavy atom. The molecular formula is C28H21N7. The molecule has 6 aromatic rings. The van der Waals surface area contributed by atoms with Gasteiger partial charge >= 0.3 is 0 Å². The van der Waals surface area contributed by atoms with Gasteiger partial charge in [0.25, 0.3) is 0 Å². The number of nitrogens with one attached hydrogen (secondary N) is 2. The summed E-state index contributed by atoms with van der Waals surface area (Å²) in [5.74, 6) is 1.34. The first-order valence-corrected chi connectivity index (χ1v) is 11.3. The first kappa shape index (κ1) is 20.7. The lowest BCUT2D eigenvalue weighted by Gasteiger charge is -2.16. The van der Waals surface area contributed by atoms with Crippen molar-refractivity contribution in [2.45, 2.75) is 6.54 Å². The number of rotatable bonds is 6. The molecule has 7 heteroatoms. The van der Waals surface area contributed by atoms with Gasteiger partial charge in [-0.1, -0.05) is 78.9 Å². The Bertz CT molecular complexity index is 1580. The lowest BCUT2D eigenvalue weighted by molar-refractivity contribution is 0.881. The summed E-state index contributed by atoms with van der Waals surface area (Å²) in [6.07, 6.45) is 5.48. The van der Waals surface area contributed by atoms with Crippen LogP contribution in [0.4, 0.5) is 5.82 Å². The minimum Gasteiger partial charge on any atom is -0.365 e. The molecule has 3 heterocycles. The number of fused-ring (bicyclic) bond motifs is 1. The van der Waals surface area contributed by atoms with E-state index in [1.807, 2.05) is 42.7 Å². The number of anilines is 1. The fourth-order valence-electron chi connectivity index (χ4n) is 4.29. The van der Waals surface area contributed by atoms with E-state index >= 15 is 0 Å². The fraction of sp³-hybridized carbons (Fsp3) is 0.0357. The molecule has 0 fully saturated rings. The summed E-state index contributed by atoms with van der Waals surface area (Å²) in [6, 6.07) is 29.1. The normalized spacial score (nSPS) is 11.0. The molecule has 6 rings (SSSR count). The van der Waals surface area contributed by atoms with E-state index in [0.29, 0.717) is 12.4 Å². The van der Waals surface area contributed by atoms with Gasteiger partial charge < -0.3 is 5.32 Å². The van der Waals surface area contributed by atoms with Gasteiger partial charge in [0.15, 0.2) is 0 Å². The van der Waals surface area contributed by atoms with Gasteiger partial charge in [-0.2, -0.15) is 5.21 Å². The second-order valence-corrected chi connectivity index (χ2v) is 8.15. The van der Waals surface area contributed by atoms with Gasteiger partial charge in [-0.15, -0.1) is 10.2 Å². The lowest BCUT2D eigenvalue weighted by Crippen LogP contribution is -2.03. The lowest BCUT2D eigenvalue weighted by atomic mass is 9.94. The molecular weight excluding hydrogens is 434 g/mol. The van der Waals surface area contributed by atoms with Crippen molar-refractivity contribution in [1.82, 2.24) is 30.6 Å². The molecule has 0 spiro atoms. The molecule has 3 aromatic carbocycles. The number of tetrazole rings is 1. The molecule has 168 valence electrons. The SMILES string of the molecule is c1ccc(CNc2ncc(-c3cncc(-c4nn[nH]n4)c3)c3cccc(-c4ccccc4)c23)cc1. The van der Waals surface area contributed by atoms with Crippen LogP contribution in [-0.2, 0) is 6.54 Å². The molecule has 0 bridgehead atoms. The summed E-state index contributed by atoms with van der Waals surface area (Å²) in [7, 11) is 0. The van der Waals surface area contributed by atoms with Crippen LogP contribution in [0.2, 0.25) is 0 Å². The third-order valence-corrected chi connectivity index (χ3v) is 5.95. The Labute approximate surface area is 201 Å². The quantitative estimate of drug-likeness (QED) is 0.332. The largest absolute Gasteiger partial charge is 0.365 e. The zero-order valence-electron chi connectivity index (χ0n) is 18.8. The van der Waals surface area contributed by atoms with Crippen molar-refractivity contribution in [3.05, 3.63) is 109 Å². The number of aromatic amines is 1. The maximum Gasteiger partial charge on any atom is 0.206 e. The highest BCUT2D eigenvalue weighted by Gasteiger charge is 2.15. The van der Waals surface area contributed by atoms with Crippen molar-refractivity contribution >= 4 is 16.6 Å². The van der Waals surface area contributed by atoms with E-state index in [1.165, 1.54) is 5.56 Å². The van der Waals surface area contributed by atoms with Gasteiger partial charge in [0.05, 0.1) is 0 Å². The summed E-state index contributed by atoms with van der Waals surface area (Å²) in [5, 5.41) is 20.1. The van der Waals surface area contributed by atoms with Crippen LogP contribution in [-0.4, -0.2) is 30.6 Å². The van der Waals surface area contributed by atoms with Crippen LogP contribution in [0.1, 0.15) is 5.56 Å². The van der Waals surface area contributed by atoms with Crippen LogP contribution in [0.15, 0.2) is 104 Å². The van der Waals surface area contributed by atoms with Crippen LogP contribution in [0.5, 0.6) is 0 Å². The van der Waals surface area contributed by atoms with Gasteiger partial charge in [-0.05, 0) is 33.4 Å². The predicted octanol–water partition coefficient (Wildman–Crippen LogP) is 5.76. The van der Waals surface area contributed by atoms with Gasteiger partial charge in [0.2, 0.25) is 5.82 Å². The van der Waals surface area contributed by atoms with Crippen molar-refractivity contribution in [3.8, 4) is 33.6 Å². The number of hydrogen-bond acceptors (Lipinski definition) is 6. The zero-order valence-corrected chi connectivity index (χ0v) is 18.8. The summed E-state index contributed by atoms with van der Waals surface area (Å²) in [4.78, 5) is 9.33. The van der Waals surface area contributed by atoms with E-state index in [4.69, 9.17) is 4.98 Å². The maximum absolute atomic E-state index is 4.89. The Morgan fingerprint density at radius 3 is 2.31 bits per heavy atom. The van der Waals surface area contributed by atoms with Crippen LogP contribution in [0.25, 0.3) is 44.4 Å². The molecule has 2 N–H and O–H groups in total. The highest BCUT2D eigenvalue weighted by atomic mass is 15.5. The Kier molecular flexibility index (Phi) is 5.41. The fourth-order valence-corrected chi connectivity index (χ4v) is 4.29. The number of pyridine rings is 2. The number of hydrogen-bond donors (Lipinski definition) is 2. The van der Waals surface area contributed by atoms with Gasteiger partial charge in [-0.25, -0.2) is 4.98 Å². The molecule has 35 heavy (non-hydrogen) atoms. The first-order chi connectivity index (χ1) is 17.4. The minimum atomic E-state index is 0.503. The molecule has 0 unspecified atom stereocenters. The smallest absolute Gasteiger partial charge is 0.206 e. The monoisotopic (exact) mass is 455 g/mol. The van der Waals surface area contributed by atoms with Crippen molar-refractivity contribution in [2.24, 2.45) is 0 Å². The first-order valence-electron chi connectivity index (χ1n) is 11.3. The highest BCUT2D eigenvalue weighted by molar-refractivity contribution is 6.09. The molecule has 0 saturated heterocycles. The predicted molar refractivity (Wildman–Crippen MR) is 137 cm³/mol. The Morgan fingerprint density at radius 1 is 0.714 bits per heavy atom. The number of benzene rings is 3. The summed E-state index contributed by atoms with van der Waals surface area (Å²) < 4.78 is 0. The third kappa shape index (κ3) is 4.11. The molecule has 0 radical (unpaired) electrons. The van der Waals surface area contributed by atoms with Gasteiger partial charge in [0.1, 0.15) is 5.82 Å². The summed E-state index contributed by atoms with van der Waals surface area (Å²) >= 11 is 0. The van der Waals surface area contributed by atoms with Gasteiger partial charge in [0, 0.05) is 47.2 Å². The molecule has 0 amide bonds. The molecule has 0 saturated carbocycles. The van der Waals surface area contributed by atoms with Crippen molar-refractivity contribution in [2.75, 3.05) is 5.32 Å². The van der Waals surface area contributed by atoms with E-state index in [2.05, 4.69) is 85.5 Å². The van der Waals surface area contributed by atoms with E-state index in [-0.39, 0.29) is 0 Å². The number of nitrogens with zero attached hydrogens (tertiary/aromatic N) is 5. The molecule has 0 aliphatic heterocycles. The van der Waals surface area contributed by atoms with Crippen LogP contribution >= 0.6 is 0 Å². The molecule has 3 aromatic heterocycles. The van der Waals surface area contributed by atoms with E-state index < -0.39 is 0 Å². The number of H-pyrrole nitrogens is 1. The van der Waals surface area contributed by atoms with Crippen molar-refractivity contribution < 1.29 is 0 Å². The Hall–Kier alpha value is -4.91. The van der Waals surface area contributed by atoms with E-state index in [1.54, 1.807) is 6.20 Å². The second kappa shape index (κ2) is 9.15. The number of aromatic nitrogens is 6. The standard InChI is InChI=1S/C28H21N7/c1-3-8-19(9-4-1)15-30-28-26-23(20-10-5-2-6-11-20)12-7-13-24(26)25(18-31-28)21-14-22(17-29-16-21)27-32-34-35-33-27/h1-14,16-18H,15H2,(H,30,31)(H,32,33,34,35). The zero-order chi connectivity index (χ0) is 23.5. The average Bonchev–Trinajstić information content (AvgIpc) is 3.48. The average molecular weight is 456 g/mol. The molecule has 0 aliphatic carbocycles. The Balaban J connectivity index is 1.52. The molecule has 0 atom stereocenters. The molecule has 0 aliphatic rings. The van der Waals surface area contributed by atoms with Crippen LogP contribution in [0.3, 0.4) is 0 Å². The van der Waals surface area contributed by atoms with Crippen LogP contribution in [0, 0.1) is 0 Å². The van der Waals surface area contributed by atoms with Crippen molar-refractivity contribution in [3.63, 3.8) is 0 Å².